The monoisotopic (exact) mass is 233 g/mol. The Bertz CT molecular complexity index is 396. The van der Waals surface area contributed by atoms with E-state index in [1.165, 1.54) is 24.9 Å². The van der Waals surface area contributed by atoms with Gasteiger partial charge in [0.1, 0.15) is 0 Å². The first-order valence-corrected chi connectivity index (χ1v) is 6.39. The van der Waals surface area contributed by atoms with Crippen molar-refractivity contribution in [3.05, 3.63) is 18.5 Å². The number of morpholine rings is 1. The van der Waals surface area contributed by atoms with Crippen molar-refractivity contribution in [2.75, 3.05) is 30.4 Å². The average molecular weight is 233 g/mol. The van der Waals surface area contributed by atoms with Crippen molar-refractivity contribution in [2.24, 2.45) is 0 Å². The molecular weight excluding hydrogens is 214 g/mol. The molecule has 4 heteroatoms. The second kappa shape index (κ2) is 4.53. The number of nitrogens with one attached hydrogen (secondary N) is 1. The third-order valence-electron chi connectivity index (χ3n) is 3.83. The first-order chi connectivity index (χ1) is 8.38. The molecule has 0 spiro atoms. The maximum Gasteiger partial charge on any atom is 0.0779 e. The number of pyridine rings is 1. The summed E-state index contributed by atoms with van der Waals surface area (Å²) >= 11 is 0. The molecule has 0 amide bonds. The highest BCUT2D eigenvalue weighted by atomic mass is 16.5. The van der Waals surface area contributed by atoms with Crippen molar-refractivity contribution in [3.8, 4) is 0 Å². The topological polar surface area (TPSA) is 37.4 Å². The van der Waals surface area contributed by atoms with Crippen LogP contribution in [-0.4, -0.2) is 37.3 Å². The van der Waals surface area contributed by atoms with Crippen LogP contribution in [0.3, 0.4) is 0 Å². The van der Waals surface area contributed by atoms with Gasteiger partial charge in [-0.05, 0) is 25.3 Å². The maximum atomic E-state index is 5.83. The number of rotatable bonds is 2. The Kier molecular flexibility index (Phi) is 2.89. The van der Waals surface area contributed by atoms with Gasteiger partial charge in [-0.25, -0.2) is 0 Å². The van der Waals surface area contributed by atoms with Crippen LogP contribution in [0.5, 0.6) is 0 Å². The Balaban J connectivity index is 1.86. The number of hydrogen-bond acceptors (Lipinski definition) is 4. The largest absolute Gasteiger partial charge is 0.387 e. The van der Waals surface area contributed by atoms with Gasteiger partial charge in [-0.15, -0.1) is 0 Å². The van der Waals surface area contributed by atoms with Crippen LogP contribution >= 0.6 is 0 Å². The van der Waals surface area contributed by atoms with E-state index >= 15 is 0 Å². The summed E-state index contributed by atoms with van der Waals surface area (Å²) in [6.07, 6.45) is 7.99. The lowest BCUT2D eigenvalue weighted by Crippen LogP contribution is -2.48. The molecule has 17 heavy (non-hydrogen) atoms. The number of ether oxygens (including phenoxy) is 1. The van der Waals surface area contributed by atoms with Gasteiger partial charge in [0.05, 0.1) is 42.5 Å². The summed E-state index contributed by atoms with van der Waals surface area (Å²) in [5.74, 6) is 0. The summed E-state index contributed by atoms with van der Waals surface area (Å²) in [5.41, 5.74) is 2.29. The van der Waals surface area contributed by atoms with Crippen LogP contribution in [0.15, 0.2) is 18.5 Å². The summed E-state index contributed by atoms with van der Waals surface area (Å²) in [6, 6.07) is 2.73. The fraction of sp³-hybridized carbons (Fsp3) is 0.615. The van der Waals surface area contributed by atoms with Crippen LogP contribution in [0.1, 0.15) is 19.3 Å². The van der Waals surface area contributed by atoms with E-state index in [0.29, 0.717) is 12.1 Å². The van der Waals surface area contributed by atoms with Crippen molar-refractivity contribution in [3.63, 3.8) is 0 Å². The van der Waals surface area contributed by atoms with E-state index in [4.69, 9.17) is 4.74 Å². The van der Waals surface area contributed by atoms with Crippen molar-refractivity contribution < 1.29 is 4.74 Å². The minimum atomic E-state index is 0.432. The molecule has 1 N–H and O–H groups in total. The highest BCUT2D eigenvalue weighted by Gasteiger charge is 2.36. The molecule has 2 heterocycles. The predicted molar refractivity (Wildman–Crippen MR) is 68.5 cm³/mol. The molecule has 3 rings (SSSR count). The summed E-state index contributed by atoms with van der Waals surface area (Å²) < 4.78 is 5.83. The number of fused-ring (bicyclic) bond motifs is 1. The Morgan fingerprint density at radius 2 is 2.35 bits per heavy atom. The molecule has 2 fully saturated rings. The van der Waals surface area contributed by atoms with Crippen LogP contribution in [0.25, 0.3) is 0 Å². The first-order valence-electron chi connectivity index (χ1n) is 6.39. The maximum absolute atomic E-state index is 5.83. The minimum Gasteiger partial charge on any atom is -0.387 e. The SMILES string of the molecule is CNc1cncc(N2CCOC3CCCC32)c1. The molecular formula is C13H19N3O. The smallest absolute Gasteiger partial charge is 0.0779 e. The van der Waals surface area contributed by atoms with Gasteiger partial charge in [0.25, 0.3) is 0 Å². The second-order valence-corrected chi connectivity index (χ2v) is 4.78. The normalized spacial score (nSPS) is 27.9. The molecule has 0 radical (unpaired) electrons. The third kappa shape index (κ3) is 1.97. The number of aromatic nitrogens is 1. The molecule has 1 saturated heterocycles. The van der Waals surface area contributed by atoms with Crippen LogP contribution in [0.4, 0.5) is 11.4 Å². The Labute approximate surface area is 102 Å². The molecule has 2 aliphatic rings. The summed E-state index contributed by atoms with van der Waals surface area (Å²) in [6.45, 7) is 1.82. The Hall–Kier alpha value is -1.29. The van der Waals surface area contributed by atoms with Gasteiger partial charge in [-0.3, -0.25) is 4.98 Å². The fourth-order valence-corrected chi connectivity index (χ4v) is 2.97. The fourth-order valence-electron chi connectivity index (χ4n) is 2.97. The number of nitrogens with zero attached hydrogens (tertiary/aromatic N) is 2. The van der Waals surface area contributed by atoms with Gasteiger partial charge in [0.2, 0.25) is 0 Å². The molecule has 1 saturated carbocycles. The zero-order chi connectivity index (χ0) is 11.7. The highest BCUT2D eigenvalue weighted by molar-refractivity contribution is 5.56. The van der Waals surface area contributed by atoms with Crippen LogP contribution in [0, 0.1) is 0 Å². The van der Waals surface area contributed by atoms with E-state index in [-0.39, 0.29) is 0 Å². The van der Waals surface area contributed by atoms with Gasteiger partial charge < -0.3 is 15.0 Å². The van der Waals surface area contributed by atoms with E-state index < -0.39 is 0 Å². The minimum absolute atomic E-state index is 0.432. The van der Waals surface area contributed by atoms with E-state index in [2.05, 4.69) is 21.3 Å². The molecule has 1 aromatic rings. The Morgan fingerprint density at radius 1 is 1.41 bits per heavy atom. The van der Waals surface area contributed by atoms with E-state index in [9.17, 15) is 0 Å². The van der Waals surface area contributed by atoms with Gasteiger partial charge in [0.15, 0.2) is 0 Å². The van der Waals surface area contributed by atoms with Gasteiger partial charge in [0, 0.05) is 13.6 Å². The highest BCUT2D eigenvalue weighted by Crippen LogP contribution is 2.33. The zero-order valence-corrected chi connectivity index (χ0v) is 10.2. The lowest BCUT2D eigenvalue weighted by atomic mass is 10.1. The van der Waals surface area contributed by atoms with E-state index in [0.717, 1.165) is 18.8 Å². The molecule has 92 valence electrons. The molecule has 0 bridgehead atoms. The molecule has 1 aromatic heterocycles. The molecule has 0 aromatic carbocycles. The lowest BCUT2D eigenvalue weighted by Gasteiger charge is -2.39. The second-order valence-electron chi connectivity index (χ2n) is 4.78. The summed E-state index contributed by atoms with van der Waals surface area (Å²) in [7, 11) is 1.93. The van der Waals surface area contributed by atoms with Crippen molar-refractivity contribution in [2.45, 2.75) is 31.4 Å². The van der Waals surface area contributed by atoms with Crippen LogP contribution < -0.4 is 10.2 Å². The van der Waals surface area contributed by atoms with Crippen molar-refractivity contribution in [1.82, 2.24) is 4.98 Å². The molecule has 2 unspecified atom stereocenters. The van der Waals surface area contributed by atoms with E-state index in [1.807, 2.05) is 19.4 Å². The van der Waals surface area contributed by atoms with E-state index in [1.54, 1.807) is 0 Å². The van der Waals surface area contributed by atoms with Crippen molar-refractivity contribution in [1.29, 1.82) is 0 Å². The molecule has 4 nitrogen and oxygen atoms in total. The van der Waals surface area contributed by atoms with Gasteiger partial charge in [-0.2, -0.15) is 0 Å². The molecule has 1 aliphatic heterocycles. The zero-order valence-electron chi connectivity index (χ0n) is 10.2. The Morgan fingerprint density at radius 3 is 3.24 bits per heavy atom. The number of hydrogen-bond donors (Lipinski definition) is 1. The van der Waals surface area contributed by atoms with Crippen LogP contribution in [0.2, 0.25) is 0 Å². The molecule has 2 atom stereocenters. The number of anilines is 2. The summed E-state index contributed by atoms with van der Waals surface area (Å²) in [4.78, 5) is 6.77. The predicted octanol–water partition coefficient (Wildman–Crippen LogP) is 1.88. The van der Waals surface area contributed by atoms with Gasteiger partial charge in [-0.1, -0.05) is 0 Å². The summed E-state index contributed by atoms with van der Waals surface area (Å²) in [5, 5.41) is 3.15. The van der Waals surface area contributed by atoms with Crippen molar-refractivity contribution >= 4 is 11.4 Å². The van der Waals surface area contributed by atoms with Gasteiger partial charge >= 0.3 is 0 Å². The third-order valence-corrected chi connectivity index (χ3v) is 3.83. The van der Waals surface area contributed by atoms with Crippen LogP contribution in [-0.2, 0) is 4.74 Å². The molecule has 1 aliphatic carbocycles. The average Bonchev–Trinajstić information content (AvgIpc) is 2.87. The lowest BCUT2D eigenvalue weighted by molar-refractivity contribution is 0.0256. The quantitative estimate of drug-likeness (QED) is 0.846. The first kappa shape index (κ1) is 10.8. The standard InChI is InChI=1S/C13H19N3O/c1-14-10-7-11(9-15-8-10)16-5-6-17-13-4-2-3-12(13)16/h7-9,12-14H,2-6H2,1H3.